The molecule has 1 N–H and O–H groups in total. The molecule has 0 atom stereocenters. The van der Waals surface area contributed by atoms with Crippen LogP contribution in [0.2, 0.25) is 10.0 Å². The normalized spacial score (nSPS) is 15.3. The van der Waals surface area contributed by atoms with E-state index in [4.69, 9.17) is 32.7 Å². The van der Waals surface area contributed by atoms with Crippen molar-refractivity contribution in [3.63, 3.8) is 0 Å². The van der Waals surface area contributed by atoms with Gasteiger partial charge in [0.2, 0.25) is 0 Å². The van der Waals surface area contributed by atoms with Crippen LogP contribution in [-0.4, -0.2) is 28.6 Å². The fraction of sp³-hybridized carbons (Fsp3) is 0.107. The molecule has 0 aliphatic carbocycles. The smallest absolute Gasteiger partial charge is 0.344 e. The topological polar surface area (TPSA) is 85.2 Å². The summed E-state index contributed by atoms with van der Waals surface area (Å²) in [6.45, 7) is 2.07. The number of benzene rings is 3. The largest absolute Gasteiger partial charge is 0.506 e. The number of carbonyl (C=O) groups excluding carboxylic acids is 2. The van der Waals surface area contributed by atoms with E-state index in [1.165, 1.54) is 6.07 Å². The van der Waals surface area contributed by atoms with Crippen LogP contribution in [0.4, 0.5) is 0 Å². The van der Waals surface area contributed by atoms with Gasteiger partial charge in [-0.3, -0.25) is 4.79 Å². The van der Waals surface area contributed by atoms with E-state index < -0.39 is 11.9 Å². The molecule has 194 valence electrons. The molecule has 0 saturated heterocycles. The number of thioether (sulfide) groups is 1. The standard InChI is InChI=1S/C28H20BrCl2NO5S/c1-2-36-28(35)24-25(33)23(38-27(24)32-26(34)19-5-3-4-6-20(19)30)14-17-9-12-22(21(31)13-17)37-15-16-7-10-18(29)11-8-16/h3-14,33H,2,15H2,1H3/b23-14-,32-27?. The van der Waals surface area contributed by atoms with Crippen LogP contribution in [0.1, 0.15) is 28.4 Å². The van der Waals surface area contributed by atoms with Crippen LogP contribution >= 0.6 is 50.9 Å². The molecule has 10 heteroatoms. The Morgan fingerprint density at radius 3 is 2.47 bits per heavy atom. The Kier molecular flexibility index (Phi) is 9.33. The maximum absolute atomic E-state index is 12.8. The van der Waals surface area contributed by atoms with Gasteiger partial charge in [0, 0.05) is 4.47 Å². The van der Waals surface area contributed by atoms with Crippen LogP contribution < -0.4 is 4.74 Å². The summed E-state index contributed by atoms with van der Waals surface area (Å²) in [6, 6.07) is 19.3. The SMILES string of the molecule is CCOC(=O)C1=C(O)/C(=C/c2ccc(OCc3ccc(Br)cc3)c(Cl)c2)SC1=NC(=O)c1ccccc1Cl. The van der Waals surface area contributed by atoms with Crippen molar-refractivity contribution in [2.75, 3.05) is 6.61 Å². The van der Waals surface area contributed by atoms with Gasteiger partial charge in [-0.2, -0.15) is 0 Å². The quantitative estimate of drug-likeness (QED) is 0.265. The van der Waals surface area contributed by atoms with E-state index in [0.29, 0.717) is 27.8 Å². The molecule has 1 aliphatic rings. The van der Waals surface area contributed by atoms with Gasteiger partial charge in [0.25, 0.3) is 5.91 Å². The Hall–Kier alpha value is -3.04. The molecule has 4 rings (SSSR count). The number of aliphatic imine (C=N–C) groups is 1. The lowest BCUT2D eigenvalue weighted by molar-refractivity contribution is -0.138. The molecule has 1 heterocycles. The first-order chi connectivity index (χ1) is 18.3. The monoisotopic (exact) mass is 631 g/mol. The molecule has 0 unspecified atom stereocenters. The third-order valence-electron chi connectivity index (χ3n) is 5.24. The Bertz CT molecular complexity index is 1480. The number of hydrogen-bond acceptors (Lipinski definition) is 6. The first kappa shape index (κ1) is 28.0. The summed E-state index contributed by atoms with van der Waals surface area (Å²) in [5.74, 6) is -1.29. The van der Waals surface area contributed by atoms with Gasteiger partial charge in [-0.25, -0.2) is 9.79 Å². The van der Waals surface area contributed by atoms with Gasteiger partial charge in [0.15, 0.2) is 0 Å². The molecule has 0 radical (unpaired) electrons. The number of rotatable bonds is 7. The van der Waals surface area contributed by atoms with Crippen LogP contribution in [0.15, 0.2) is 92.4 Å². The third kappa shape index (κ3) is 6.69. The van der Waals surface area contributed by atoms with Gasteiger partial charge in [-0.1, -0.05) is 81.2 Å². The van der Waals surface area contributed by atoms with Crippen molar-refractivity contribution >= 4 is 73.9 Å². The number of ether oxygens (including phenoxy) is 2. The summed E-state index contributed by atoms with van der Waals surface area (Å²) >= 11 is 16.9. The van der Waals surface area contributed by atoms with E-state index in [1.807, 2.05) is 24.3 Å². The van der Waals surface area contributed by atoms with Crippen molar-refractivity contribution in [2.24, 2.45) is 4.99 Å². The second kappa shape index (κ2) is 12.7. The number of aliphatic hydroxyl groups is 1. The van der Waals surface area contributed by atoms with Crippen molar-refractivity contribution in [3.8, 4) is 5.75 Å². The molecule has 1 aliphatic heterocycles. The Labute approximate surface area is 242 Å². The van der Waals surface area contributed by atoms with E-state index in [1.54, 1.807) is 49.4 Å². The Morgan fingerprint density at radius 1 is 1.05 bits per heavy atom. The summed E-state index contributed by atoms with van der Waals surface area (Å²) in [7, 11) is 0. The highest BCUT2D eigenvalue weighted by Crippen LogP contribution is 2.40. The van der Waals surface area contributed by atoms with Gasteiger partial charge < -0.3 is 14.6 Å². The van der Waals surface area contributed by atoms with Gasteiger partial charge >= 0.3 is 5.97 Å². The van der Waals surface area contributed by atoms with E-state index in [0.717, 1.165) is 21.8 Å². The molecule has 0 saturated carbocycles. The zero-order valence-electron chi connectivity index (χ0n) is 19.9. The highest BCUT2D eigenvalue weighted by Gasteiger charge is 2.34. The van der Waals surface area contributed by atoms with Crippen LogP contribution in [0.25, 0.3) is 6.08 Å². The predicted octanol–water partition coefficient (Wildman–Crippen LogP) is 8.04. The molecule has 3 aromatic rings. The molecule has 3 aromatic carbocycles. The van der Waals surface area contributed by atoms with E-state index in [9.17, 15) is 14.7 Å². The van der Waals surface area contributed by atoms with E-state index in [-0.39, 0.29) is 33.6 Å². The summed E-state index contributed by atoms with van der Waals surface area (Å²) in [5.41, 5.74) is 1.61. The molecular weight excluding hydrogens is 613 g/mol. The lowest BCUT2D eigenvalue weighted by atomic mass is 10.1. The Balaban J connectivity index is 1.59. The van der Waals surface area contributed by atoms with Crippen LogP contribution in [0.3, 0.4) is 0 Å². The van der Waals surface area contributed by atoms with E-state index in [2.05, 4.69) is 20.9 Å². The van der Waals surface area contributed by atoms with Crippen molar-refractivity contribution in [1.82, 2.24) is 0 Å². The van der Waals surface area contributed by atoms with Gasteiger partial charge in [0.05, 0.1) is 27.1 Å². The number of aliphatic hydroxyl groups excluding tert-OH is 1. The summed E-state index contributed by atoms with van der Waals surface area (Å²) in [5, 5.41) is 11.5. The van der Waals surface area contributed by atoms with Gasteiger partial charge in [0.1, 0.15) is 28.7 Å². The minimum Gasteiger partial charge on any atom is -0.506 e. The first-order valence-corrected chi connectivity index (χ1v) is 13.7. The number of hydrogen-bond donors (Lipinski definition) is 1. The second-order valence-electron chi connectivity index (χ2n) is 7.86. The fourth-order valence-corrected chi connectivity index (χ4v) is 5.13. The molecule has 0 spiro atoms. The zero-order valence-corrected chi connectivity index (χ0v) is 23.8. The minimum absolute atomic E-state index is 0.0117. The molecule has 0 fully saturated rings. The maximum Gasteiger partial charge on any atom is 0.344 e. The Morgan fingerprint density at radius 2 is 1.79 bits per heavy atom. The maximum atomic E-state index is 12.8. The fourth-order valence-electron chi connectivity index (χ4n) is 3.40. The van der Waals surface area contributed by atoms with Crippen molar-refractivity contribution in [3.05, 3.63) is 114 Å². The van der Waals surface area contributed by atoms with Crippen molar-refractivity contribution in [2.45, 2.75) is 13.5 Å². The highest BCUT2D eigenvalue weighted by molar-refractivity contribution is 9.10. The van der Waals surface area contributed by atoms with E-state index >= 15 is 0 Å². The van der Waals surface area contributed by atoms with Crippen molar-refractivity contribution in [1.29, 1.82) is 0 Å². The molecule has 1 amide bonds. The lowest BCUT2D eigenvalue weighted by Gasteiger charge is -2.09. The molecule has 38 heavy (non-hydrogen) atoms. The average molecular weight is 633 g/mol. The van der Waals surface area contributed by atoms with Crippen LogP contribution in [0, 0.1) is 0 Å². The molecule has 0 bridgehead atoms. The van der Waals surface area contributed by atoms with Crippen molar-refractivity contribution < 1.29 is 24.2 Å². The molecule has 0 aromatic heterocycles. The highest BCUT2D eigenvalue weighted by atomic mass is 79.9. The zero-order chi connectivity index (χ0) is 27.2. The number of esters is 1. The average Bonchev–Trinajstić information content (AvgIpc) is 3.19. The summed E-state index contributed by atoms with van der Waals surface area (Å²) < 4.78 is 11.9. The summed E-state index contributed by atoms with van der Waals surface area (Å²) in [6.07, 6.45) is 1.63. The molecule has 6 nitrogen and oxygen atoms in total. The van der Waals surface area contributed by atoms with Crippen LogP contribution in [0.5, 0.6) is 5.75 Å². The minimum atomic E-state index is -0.790. The third-order valence-corrected chi connectivity index (χ3v) is 7.41. The lowest BCUT2D eigenvalue weighted by Crippen LogP contribution is -2.14. The molecular formula is C28H20BrCl2NO5S. The predicted molar refractivity (Wildman–Crippen MR) is 155 cm³/mol. The first-order valence-electron chi connectivity index (χ1n) is 11.3. The number of nitrogens with zero attached hydrogens (tertiary/aromatic N) is 1. The number of carbonyl (C=O) groups is 2. The number of halogens is 3. The van der Waals surface area contributed by atoms with Gasteiger partial charge in [-0.15, -0.1) is 0 Å². The van der Waals surface area contributed by atoms with Crippen LogP contribution in [-0.2, 0) is 16.1 Å². The van der Waals surface area contributed by atoms with Gasteiger partial charge in [-0.05, 0) is 60.5 Å². The summed E-state index contributed by atoms with van der Waals surface area (Å²) in [4.78, 5) is 29.8. The number of amides is 1. The second-order valence-corrected chi connectivity index (χ2v) is 10.6.